The van der Waals surface area contributed by atoms with Gasteiger partial charge in [-0.3, -0.25) is 4.90 Å². The van der Waals surface area contributed by atoms with Gasteiger partial charge in [0, 0.05) is 18.3 Å². The normalized spacial score (nSPS) is 34.4. The van der Waals surface area contributed by atoms with E-state index in [2.05, 4.69) is 24.1 Å². The van der Waals surface area contributed by atoms with Crippen LogP contribution in [0.2, 0.25) is 0 Å². The average Bonchev–Trinajstić information content (AvgIpc) is 2.78. The van der Waals surface area contributed by atoms with Crippen molar-refractivity contribution in [2.24, 2.45) is 0 Å². The predicted octanol–water partition coefficient (Wildman–Crippen LogP) is 1.99. The van der Waals surface area contributed by atoms with E-state index in [4.69, 9.17) is 0 Å². The molecule has 98 valence electrons. The number of allylic oxidation sites excluding steroid dienone is 1. The third-order valence-electron chi connectivity index (χ3n) is 4.24. The Balaban J connectivity index is 2.10. The Morgan fingerprint density at radius 1 is 1.18 bits per heavy atom. The second-order valence-electron chi connectivity index (χ2n) is 5.46. The number of hydrogen-bond acceptors (Lipinski definition) is 3. The first-order chi connectivity index (χ1) is 8.00. The molecule has 0 N–H and O–H groups in total. The first-order valence-electron chi connectivity index (χ1n) is 6.57. The minimum atomic E-state index is -2.90. The highest BCUT2D eigenvalue weighted by Crippen LogP contribution is 2.31. The van der Waals surface area contributed by atoms with Crippen molar-refractivity contribution in [1.82, 2.24) is 4.90 Å². The van der Waals surface area contributed by atoms with Gasteiger partial charge in [0.05, 0.1) is 5.25 Å². The molecule has 1 fully saturated rings. The second-order valence-corrected chi connectivity index (χ2v) is 7.72. The SMILES string of the molecule is CN(C1C=CCCC1)C1CCCC1S(C)(=O)=O. The lowest BCUT2D eigenvalue weighted by Gasteiger charge is -2.35. The highest BCUT2D eigenvalue weighted by molar-refractivity contribution is 7.91. The van der Waals surface area contributed by atoms with Gasteiger partial charge in [0.25, 0.3) is 0 Å². The molecule has 0 amide bonds. The van der Waals surface area contributed by atoms with E-state index in [0.29, 0.717) is 6.04 Å². The molecule has 3 atom stereocenters. The van der Waals surface area contributed by atoms with Gasteiger partial charge < -0.3 is 0 Å². The van der Waals surface area contributed by atoms with Gasteiger partial charge in [-0.1, -0.05) is 18.6 Å². The van der Waals surface area contributed by atoms with Crippen LogP contribution < -0.4 is 0 Å². The molecule has 3 nitrogen and oxygen atoms in total. The van der Waals surface area contributed by atoms with Crippen molar-refractivity contribution in [1.29, 1.82) is 0 Å². The summed E-state index contributed by atoms with van der Waals surface area (Å²) >= 11 is 0. The minimum absolute atomic E-state index is 0.150. The molecular weight excluding hydrogens is 234 g/mol. The van der Waals surface area contributed by atoms with E-state index >= 15 is 0 Å². The highest BCUT2D eigenvalue weighted by atomic mass is 32.2. The molecule has 0 aromatic carbocycles. The summed E-state index contributed by atoms with van der Waals surface area (Å²) < 4.78 is 23.6. The van der Waals surface area contributed by atoms with Crippen molar-refractivity contribution in [3.63, 3.8) is 0 Å². The third-order valence-corrected chi connectivity index (χ3v) is 5.89. The monoisotopic (exact) mass is 257 g/mol. The van der Waals surface area contributed by atoms with Crippen LogP contribution in [0.3, 0.4) is 0 Å². The van der Waals surface area contributed by atoms with Gasteiger partial charge in [0.15, 0.2) is 9.84 Å². The highest BCUT2D eigenvalue weighted by Gasteiger charge is 2.38. The number of nitrogens with zero attached hydrogens (tertiary/aromatic N) is 1. The summed E-state index contributed by atoms with van der Waals surface area (Å²) in [6, 6.07) is 0.661. The molecule has 0 aromatic heterocycles. The van der Waals surface area contributed by atoms with Gasteiger partial charge in [0.1, 0.15) is 0 Å². The predicted molar refractivity (Wildman–Crippen MR) is 70.8 cm³/mol. The lowest BCUT2D eigenvalue weighted by molar-refractivity contribution is 0.193. The fourth-order valence-corrected chi connectivity index (χ4v) is 4.75. The van der Waals surface area contributed by atoms with Crippen molar-refractivity contribution in [3.05, 3.63) is 12.2 Å². The summed E-state index contributed by atoms with van der Waals surface area (Å²) in [5.74, 6) is 0. The molecule has 2 rings (SSSR count). The summed E-state index contributed by atoms with van der Waals surface area (Å²) in [7, 11) is -0.809. The van der Waals surface area contributed by atoms with Crippen LogP contribution in [0.25, 0.3) is 0 Å². The average molecular weight is 257 g/mol. The topological polar surface area (TPSA) is 37.4 Å². The maximum atomic E-state index is 11.8. The minimum Gasteiger partial charge on any atom is -0.296 e. The van der Waals surface area contributed by atoms with Crippen molar-refractivity contribution in [3.8, 4) is 0 Å². The third kappa shape index (κ3) is 2.91. The van der Waals surface area contributed by atoms with E-state index < -0.39 is 9.84 Å². The van der Waals surface area contributed by atoms with Crippen molar-refractivity contribution in [2.75, 3.05) is 13.3 Å². The lowest BCUT2D eigenvalue weighted by atomic mass is 10.00. The molecule has 17 heavy (non-hydrogen) atoms. The number of sulfone groups is 1. The Kier molecular flexibility index (Phi) is 3.93. The molecule has 3 unspecified atom stereocenters. The number of rotatable bonds is 3. The van der Waals surface area contributed by atoms with Gasteiger partial charge in [-0.25, -0.2) is 8.42 Å². The van der Waals surface area contributed by atoms with E-state index in [9.17, 15) is 8.42 Å². The van der Waals surface area contributed by atoms with Crippen LogP contribution in [0, 0.1) is 0 Å². The fraction of sp³-hybridized carbons (Fsp3) is 0.846. The van der Waals surface area contributed by atoms with E-state index in [1.165, 1.54) is 25.5 Å². The van der Waals surface area contributed by atoms with Crippen LogP contribution in [-0.2, 0) is 9.84 Å². The van der Waals surface area contributed by atoms with Crippen LogP contribution >= 0.6 is 0 Å². The molecule has 2 aliphatic rings. The Hall–Kier alpha value is -0.350. The van der Waals surface area contributed by atoms with Crippen molar-refractivity contribution < 1.29 is 8.42 Å². The largest absolute Gasteiger partial charge is 0.296 e. The summed E-state index contributed by atoms with van der Waals surface area (Å²) in [4.78, 5) is 2.30. The Labute approximate surface area is 105 Å². The maximum Gasteiger partial charge on any atom is 0.151 e. The first-order valence-corrected chi connectivity index (χ1v) is 8.53. The number of likely N-dealkylation sites (N-methyl/N-ethyl adjacent to an activating group) is 1. The standard InChI is InChI=1S/C13H23NO2S/c1-14(11-7-4-3-5-8-11)12-9-6-10-13(12)17(2,15)16/h4,7,11-13H,3,5-6,8-10H2,1-2H3. The second kappa shape index (κ2) is 5.11. The van der Waals surface area contributed by atoms with Crippen molar-refractivity contribution >= 4 is 9.84 Å². The maximum absolute atomic E-state index is 11.8. The van der Waals surface area contributed by atoms with Crippen LogP contribution in [0.15, 0.2) is 12.2 Å². The zero-order valence-corrected chi connectivity index (χ0v) is 11.6. The van der Waals surface area contributed by atoms with Crippen LogP contribution in [0.5, 0.6) is 0 Å². The Morgan fingerprint density at radius 3 is 2.53 bits per heavy atom. The Morgan fingerprint density at radius 2 is 1.94 bits per heavy atom. The van der Waals surface area contributed by atoms with Gasteiger partial charge in [-0.05, 0) is 39.2 Å². The van der Waals surface area contributed by atoms with E-state index in [-0.39, 0.29) is 11.3 Å². The molecule has 0 heterocycles. The Bertz CT molecular complexity index is 388. The lowest BCUT2D eigenvalue weighted by Crippen LogP contribution is -2.46. The van der Waals surface area contributed by atoms with Gasteiger partial charge in [-0.2, -0.15) is 0 Å². The van der Waals surface area contributed by atoms with Crippen LogP contribution in [-0.4, -0.2) is 44.0 Å². The summed E-state index contributed by atoms with van der Waals surface area (Å²) in [5.41, 5.74) is 0. The summed E-state index contributed by atoms with van der Waals surface area (Å²) in [6.07, 6.45) is 12.3. The van der Waals surface area contributed by atoms with Gasteiger partial charge >= 0.3 is 0 Å². The van der Waals surface area contributed by atoms with Gasteiger partial charge in [0.2, 0.25) is 0 Å². The fourth-order valence-electron chi connectivity index (χ4n) is 3.25. The van der Waals surface area contributed by atoms with Crippen LogP contribution in [0.1, 0.15) is 38.5 Å². The first kappa shape index (κ1) is 13.1. The molecule has 2 aliphatic carbocycles. The summed E-state index contributed by atoms with van der Waals surface area (Å²) in [6.45, 7) is 0. The molecule has 0 bridgehead atoms. The molecule has 0 aliphatic heterocycles. The van der Waals surface area contributed by atoms with Crippen molar-refractivity contribution in [2.45, 2.75) is 55.9 Å². The molecule has 4 heteroatoms. The molecule has 0 spiro atoms. The zero-order valence-electron chi connectivity index (χ0n) is 10.8. The smallest absolute Gasteiger partial charge is 0.151 e. The summed E-state index contributed by atoms with van der Waals surface area (Å²) in [5, 5.41) is -0.150. The van der Waals surface area contributed by atoms with Crippen LogP contribution in [0.4, 0.5) is 0 Å². The molecule has 1 saturated carbocycles. The van der Waals surface area contributed by atoms with E-state index in [1.807, 2.05) is 0 Å². The quantitative estimate of drug-likeness (QED) is 0.726. The molecule has 0 saturated heterocycles. The number of hydrogen-bond donors (Lipinski definition) is 0. The zero-order chi connectivity index (χ0) is 12.5. The van der Waals surface area contributed by atoms with E-state index in [0.717, 1.165) is 19.3 Å². The molecule has 0 radical (unpaired) electrons. The van der Waals surface area contributed by atoms with Gasteiger partial charge in [-0.15, -0.1) is 0 Å². The molecular formula is C13H23NO2S. The van der Waals surface area contributed by atoms with E-state index in [1.54, 1.807) is 0 Å². The molecule has 0 aromatic rings.